The van der Waals surface area contributed by atoms with Gasteiger partial charge in [-0.25, -0.2) is 0 Å². The maximum absolute atomic E-state index is 10.8. The van der Waals surface area contributed by atoms with Crippen LogP contribution in [-0.4, -0.2) is 46.3 Å². The topological polar surface area (TPSA) is 60.8 Å². The molecule has 0 amide bonds. The average Bonchev–Trinajstić information content (AvgIpc) is 2.04. The van der Waals surface area contributed by atoms with Crippen LogP contribution in [0.5, 0.6) is 0 Å². The predicted molar refractivity (Wildman–Crippen MR) is 48.5 cm³/mol. The Kier molecular flexibility index (Phi) is 3.69. The highest BCUT2D eigenvalue weighted by atomic mass is 16.4. The molecule has 0 aromatic carbocycles. The molecule has 1 saturated heterocycles. The molecule has 1 aliphatic rings. The van der Waals surface area contributed by atoms with E-state index in [0.29, 0.717) is 0 Å². The zero-order chi connectivity index (χ0) is 9.84. The van der Waals surface area contributed by atoms with E-state index in [2.05, 4.69) is 0 Å². The van der Waals surface area contributed by atoms with Crippen molar-refractivity contribution in [3.8, 4) is 0 Å². The normalized spacial score (nSPS) is 23.8. The molecular formula is C9H17NO3. The molecule has 1 rings (SSSR count). The first-order chi connectivity index (χ1) is 6.13. The van der Waals surface area contributed by atoms with Crippen LogP contribution in [0.4, 0.5) is 0 Å². The number of aliphatic hydroxyl groups is 1. The Morgan fingerprint density at radius 1 is 1.31 bits per heavy atom. The first kappa shape index (κ1) is 10.5. The van der Waals surface area contributed by atoms with Crippen LogP contribution >= 0.6 is 0 Å². The summed E-state index contributed by atoms with van der Waals surface area (Å²) in [7, 11) is 0. The lowest BCUT2D eigenvalue weighted by Crippen LogP contribution is -2.49. The summed E-state index contributed by atoms with van der Waals surface area (Å²) in [6.45, 7) is 3.12. The summed E-state index contributed by atoms with van der Waals surface area (Å²) in [6.07, 6.45) is 2.45. The zero-order valence-corrected chi connectivity index (χ0v) is 7.94. The van der Waals surface area contributed by atoms with Gasteiger partial charge in [-0.05, 0) is 32.9 Å². The van der Waals surface area contributed by atoms with E-state index in [9.17, 15) is 9.90 Å². The monoisotopic (exact) mass is 187 g/mol. The number of nitrogens with zero attached hydrogens (tertiary/aromatic N) is 1. The average molecular weight is 187 g/mol. The molecule has 1 fully saturated rings. The summed E-state index contributed by atoms with van der Waals surface area (Å²) in [4.78, 5) is 12.7. The Hall–Kier alpha value is -0.610. The maximum Gasteiger partial charge on any atom is 0.323 e. The van der Waals surface area contributed by atoms with E-state index < -0.39 is 18.1 Å². The van der Waals surface area contributed by atoms with Crippen LogP contribution in [-0.2, 0) is 4.79 Å². The van der Waals surface area contributed by atoms with Crippen LogP contribution < -0.4 is 0 Å². The highest BCUT2D eigenvalue weighted by molar-refractivity contribution is 5.74. The molecule has 0 radical (unpaired) electrons. The third-order valence-corrected chi connectivity index (χ3v) is 2.49. The second kappa shape index (κ2) is 4.58. The number of hydrogen-bond donors (Lipinski definition) is 2. The largest absolute Gasteiger partial charge is 0.480 e. The van der Waals surface area contributed by atoms with Gasteiger partial charge in [0.05, 0.1) is 6.10 Å². The van der Waals surface area contributed by atoms with Crippen molar-refractivity contribution < 1.29 is 15.0 Å². The quantitative estimate of drug-likeness (QED) is 0.667. The van der Waals surface area contributed by atoms with Crippen LogP contribution in [0.2, 0.25) is 0 Å². The lowest BCUT2D eigenvalue weighted by atomic mass is 10.1. The van der Waals surface area contributed by atoms with Gasteiger partial charge in [0.15, 0.2) is 0 Å². The summed E-state index contributed by atoms with van der Waals surface area (Å²) >= 11 is 0. The molecular weight excluding hydrogens is 170 g/mol. The predicted octanol–water partition coefficient (Wildman–Crippen LogP) is 0.306. The molecule has 0 aromatic heterocycles. The van der Waals surface area contributed by atoms with Crippen LogP contribution in [0.3, 0.4) is 0 Å². The highest BCUT2D eigenvalue weighted by Crippen LogP contribution is 2.14. The van der Waals surface area contributed by atoms with Crippen LogP contribution in [0.1, 0.15) is 26.2 Å². The minimum atomic E-state index is -0.920. The zero-order valence-electron chi connectivity index (χ0n) is 7.94. The molecule has 2 unspecified atom stereocenters. The van der Waals surface area contributed by atoms with Crippen molar-refractivity contribution in [2.24, 2.45) is 0 Å². The molecule has 76 valence electrons. The number of carboxylic acid groups (broad SMARTS) is 1. The standard InChI is InChI=1S/C9H17NO3/c1-7(11)8(9(12)13)10-5-3-2-4-6-10/h7-8,11H,2-6H2,1H3,(H,12,13). The Bertz CT molecular complexity index is 176. The van der Waals surface area contributed by atoms with Gasteiger partial charge in [0.1, 0.15) is 6.04 Å². The number of aliphatic carboxylic acids is 1. The third-order valence-electron chi connectivity index (χ3n) is 2.49. The lowest BCUT2D eigenvalue weighted by Gasteiger charge is -2.33. The summed E-state index contributed by atoms with van der Waals surface area (Å²) in [5.41, 5.74) is 0. The van der Waals surface area contributed by atoms with E-state index >= 15 is 0 Å². The van der Waals surface area contributed by atoms with Gasteiger partial charge in [-0.1, -0.05) is 6.42 Å². The minimum absolute atomic E-state index is 0.722. The Labute approximate surface area is 78.2 Å². The lowest BCUT2D eigenvalue weighted by molar-refractivity contribution is -0.147. The molecule has 0 aromatic rings. The van der Waals surface area contributed by atoms with Gasteiger partial charge in [0, 0.05) is 0 Å². The maximum atomic E-state index is 10.8. The Morgan fingerprint density at radius 3 is 2.23 bits per heavy atom. The first-order valence-corrected chi connectivity index (χ1v) is 4.78. The second-order valence-electron chi connectivity index (χ2n) is 3.62. The van der Waals surface area contributed by atoms with Gasteiger partial charge in [-0.3, -0.25) is 9.69 Å². The van der Waals surface area contributed by atoms with Crippen LogP contribution in [0, 0.1) is 0 Å². The number of hydrogen-bond acceptors (Lipinski definition) is 3. The van der Waals surface area contributed by atoms with E-state index in [1.165, 1.54) is 13.3 Å². The van der Waals surface area contributed by atoms with E-state index in [-0.39, 0.29) is 0 Å². The minimum Gasteiger partial charge on any atom is -0.480 e. The van der Waals surface area contributed by atoms with Crippen LogP contribution in [0.15, 0.2) is 0 Å². The molecule has 4 heteroatoms. The molecule has 13 heavy (non-hydrogen) atoms. The van der Waals surface area contributed by atoms with Crippen molar-refractivity contribution in [3.63, 3.8) is 0 Å². The number of likely N-dealkylation sites (tertiary alicyclic amines) is 1. The fraction of sp³-hybridized carbons (Fsp3) is 0.889. The number of carboxylic acids is 1. The summed E-state index contributed by atoms with van der Waals surface area (Å²) in [5.74, 6) is -0.920. The summed E-state index contributed by atoms with van der Waals surface area (Å²) < 4.78 is 0. The molecule has 4 nitrogen and oxygen atoms in total. The molecule has 0 bridgehead atoms. The van der Waals surface area contributed by atoms with Crippen molar-refractivity contribution >= 4 is 5.97 Å². The number of rotatable bonds is 3. The number of carbonyl (C=O) groups is 1. The molecule has 2 N–H and O–H groups in total. The first-order valence-electron chi connectivity index (χ1n) is 4.78. The van der Waals surface area contributed by atoms with Crippen molar-refractivity contribution in [2.75, 3.05) is 13.1 Å². The molecule has 2 atom stereocenters. The third kappa shape index (κ3) is 2.67. The highest BCUT2D eigenvalue weighted by Gasteiger charge is 2.30. The van der Waals surface area contributed by atoms with Gasteiger partial charge < -0.3 is 10.2 Å². The fourth-order valence-corrected chi connectivity index (χ4v) is 1.86. The summed E-state index contributed by atoms with van der Waals surface area (Å²) in [6, 6.07) is -0.722. The van der Waals surface area contributed by atoms with Crippen molar-refractivity contribution in [1.29, 1.82) is 0 Å². The molecule has 0 spiro atoms. The van der Waals surface area contributed by atoms with E-state index in [4.69, 9.17) is 5.11 Å². The smallest absolute Gasteiger partial charge is 0.323 e. The Morgan fingerprint density at radius 2 is 1.85 bits per heavy atom. The fourth-order valence-electron chi connectivity index (χ4n) is 1.86. The summed E-state index contributed by atoms with van der Waals surface area (Å²) in [5, 5.41) is 18.2. The van der Waals surface area contributed by atoms with Crippen molar-refractivity contribution in [3.05, 3.63) is 0 Å². The van der Waals surface area contributed by atoms with E-state index in [1.54, 1.807) is 0 Å². The number of piperidine rings is 1. The Balaban J connectivity index is 2.57. The molecule has 1 aliphatic heterocycles. The van der Waals surface area contributed by atoms with Gasteiger partial charge >= 0.3 is 5.97 Å². The van der Waals surface area contributed by atoms with Crippen LogP contribution in [0.25, 0.3) is 0 Å². The van der Waals surface area contributed by atoms with Gasteiger partial charge in [-0.15, -0.1) is 0 Å². The molecule has 0 aliphatic carbocycles. The number of aliphatic hydroxyl groups excluding tert-OH is 1. The van der Waals surface area contributed by atoms with Gasteiger partial charge in [0.25, 0.3) is 0 Å². The molecule has 0 saturated carbocycles. The van der Waals surface area contributed by atoms with Crippen molar-refractivity contribution in [1.82, 2.24) is 4.90 Å². The second-order valence-corrected chi connectivity index (χ2v) is 3.62. The van der Waals surface area contributed by atoms with Gasteiger partial charge in [0.2, 0.25) is 0 Å². The van der Waals surface area contributed by atoms with E-state index in [1.807, 2.05) is 4.90 Å². The van der Waals surface area contributed by atoms with Gasteiger partial charge in [-0.2, -0.15) is 0 Å². The van der Waals surface area contributed by atoms with E-state index in [0.717, 1.165) is 25.9 Å². The SMILES string of the molecule is CC(O)C(C(=O)O)N1CCCCC1. The van der Waals surface area contributed by atoms with Crippen molar-refractivity contribution in [2.45, 2.75) is 38.3 Å². The molecule has 1 heterocycles.